The number of benzene rings is 2. The number of phenolic OH excluding ortho intramolecular Hbond substituents is 2. The van der Waals surface area contributed by atoms with Crippen molar-refractivity contribution >= 4 is 0 Å². The van der Waals surface area contributed by atoms with Crippen LogP contribution in [0.5, 0.6) is 17.2 Å². The smallest absolute Gasteiger partial charge is 0.157 e. The largest absolute Gasteiger partial charge is 0.504 e. The molecule has 0 aliphatic heterocycles. The van der Waals surface area contributed by atoms with Gasteiger partial charge in [-0.05, 0) is 36.2 Å². The fourth-order valence-corrected chi connectivity index (χ4v) is 1.54. The molecular weight excluding hydrogens is 216 g/mol. The number of aromatic hydroxyl groups is 2. The normalized spacial score (nSPS) is 10.2. The average molecular weight is 230 g/mol. The predicted octanol–water partition coefficient (Wildman–Crippen LogP) is 2.99. The first kappa shape index (κ1) is 11.3. The second-order valence-corrected chi connectivity index (χ2v) is 3.88. The van der Waals surface area contributed by atoms with Crippen LogP contribution in [-0.2, 0) is 6.61 Å². The SMILES string of the molecule is Cc1ccccc1OCc1ccc(O)c(O)c1. The van der Waals surface area contributed by atoms with Crippen LogP contribution in [0.1, 0.15) is 11.1 Å². The highest BCUT2D eigenvalue weighted by molar-refractivity contribution is 5.40. The summed E-state index contributed by atoms with van der Waals surface area (Å²) in [5, 5.41) is 18.5. The van der Waals surface area contributed by atoms with Gasteiger partial charge in [0.25, 0.3) is 0 Å². The number of ether oxygens (including phenoxy) is 1. The van der Waals surface area contributed by atoms with Crippen molar-refractivity contribution in [2.75, 3.05) is 0 Å². The van der Waals surface area contributed by atoms with Crippen LogP contribution in [0.25, 0.3) is 0 Å². The summed E-state index contributed by atoms with van der Waals surface area (Å²) in [4.78, 5) is 0. The van der Waals surface area contributed by atoms with E-state index in [4.69, 9.17) is 4.74 Å². The Morgan fingerprint density at radius 2 is 1.76 bits per heavy atom. The predicted molar refractivity (Wildman–Crippen MR) is 65.3 cm³/mol. The third-order valence-corrected chi connectivity index (χ3v) is 2.53. The van der Waals surface area contributed by atoms with E-state index in [1.165, 1.54) is 12.1 Å². The number of para-hydroxylation sites is 1. The molecule has 2 aromatic rings. The fraction of sp³-hybridized carbons (Fsp3) is 0.143. The second-order valence-electron chi connectivity index (χ2n) is 3.88. The van der Waals surface area contributed by atoms with Gasteiger partial charge in [-0.2, -0.15) is 0 Å². The summed E-state index contributed by atoms with van der Waals surface area (Å²) in [5.41, 5.74) is 1.87. The zero-order valence-corrected chi connectivity index (χ0v) is 9.55. The van der Waals surface area contributed by atoms with Gasteiger partial charge in [-0.25, -0.2) is 0 Å². The number of hydrogen-bond donors (Lipinski definition) is 2. The molecule has 2 rings (SSSR count). The molecule has 3 nitrogen and oxygen atoms in total. The van der Waals surface area contributed by atoms with Crippen LogP contribution in [0.15, 0.2) is 42.5 Å². The number of rotatable bonds is 3. The van der Waals surface area contributed by atoms with Gasteiger partial charge in [0.2, 0.25) is 0 Å². The standard InChI is InChI=1S/C14H14O3/c1-10-4-2-3-5-14(10)17-9-11-6-7-12(15)13(16)8-11/h2-8,15-16H,9H2,1H3. The van der Waals surface area contributed by atoms with E-state index in [2.05, 4.69) is 0 Å². The fourth-order valence-electron chi connectivity index (χ4n) is 1.54. The molecule has 0 amide bonds. The number of aryl methyl sites for hydroxylation is 1. The van der Waals surface area contributed by atoms with Gasteiger partial charge in [0, 0.05) is 0 Å². The molecule has 0 saturated heterocycles. The van der Waals surface area contributed by atoms with Crippen molar-refractivity contribution in [3.05, 3.63) is 53.6 Å². The van der Waals surface area contributed by atoms with Crippen molar-refractivity contribution in [2.45, 2.75) is 13.5 Å². The third kappa shape index (κ3) is 2.69. The molecule has 0 atom stereocenters. The highest BCUT2D eigenvalue weighted by Gasteiger charge is 2.02. The Bertz CT molecular complexity index is 521. The van der Waals surface area contributed by atoms with Gasteiger partial charge in [0.1, 0.15) is 12.4 Å². The zero-order valence-electron chi connectivity index (χ0n) is 9.55. The molecule has 3 heteroatoms. The van der Waals surface area contributed by atoms with E-state index in [1.807, 2.05) is 31.2 Å². The van der Waals surface area contributed by atoms with Gasteiger partial charge < -0.3 is 14.9 Å². The Balaban J connectivity index is 2.08. The molecule has 0 unspecified atom stereocenters. The molecule has 2 aromatic carbocycles. The van der Waals surface area contributed by atoms with Gasteiger partial charge >= 0.3 is 0 Å². The van der Waals surface area contributed by atoms with E-state index in [-0.39, 0.29) is 11.5 Å². The first-order valence-electron chi connectivity index (χ1n) is 5.36. The lowest BCUT2D eigenvalue weighted by Gasteiger charge is -2.09. The molecule has 0 fully saturated rings. The van der Waals surface area contributed by atoms with Crippen molar-refractivity contribution in [3.8, 4) is 17.2 Å². The highest BCUT2D eigenvalue weighted by atomic mass is 16.5. The summed E-state index contributed by atoms with van der Waals surface area (Å²) in [6.07, 6.45) is 0. The van der Waals surface area contributed by atoms with Crippen molar-refractivity contribution < 1.29 is 14.9 Å². The average Bonchev–Trinajstić information content (AvgIpc) is 2.32. The molecule has 2 N–H and O–H groups in total. The van der Waals surface area contributed by atoms with Gasteiger partial charge in [-0.3, -0.25) is 0 Å². The molecule has 0 heterocycles. The molecular formula is C14H14O3. The Morgan fingerprint density at radius 1 is 1.00 bits per heavy atom. The second kappa shape index (κ2) is 4.78. The van der Waals surface area contributed by atoms with Crippen LogP contribution in [-0.4, -0.2) is 10.2 Å². The van der Waals surface area contributed by atoms with Crippen LogP contribution in [0.2, 0.25) is 0 Å². The summed E-state index contributed by atoms with van der Waals surface area (Å²) in [6, 6.07) is 12.4. The monoisotopic (exact) mass is 230 g/mol. The quantitative estimate of drug-likeness (QED) is 0.797. The first-order chi connectivity index (χ1) is 8.16. The van der Waals surface area contributed by atoms with Crippen LogP contribution in [0.3, 0.4) is 0 Å². The minimum Gasteiger partial charge on any atom is -0.504 e. The minimum atomic E-state index is -0.129. The lowest BCUT2D eigenvalue weighted by atomic mass is 10.2. The van der Waals surface area contributed by atoms with Crippen LogP contribution < -0.4 is 4.74 Å². The Kier molecular flexibility index (Phi) is 3.19. The topological polar surface area (TPSA) is 49.7 Å². The van der Waals surface area contributed by atoms with Crippen molar-refractivity contribution in [2.24, 2.45) is 0 Å². The van der Waals surface area contributed by atoms with E-state index in [1.54, 1.807) is 6.07 Å². The maximum absolute atomic E-state index is 9.35. The Labute approximate surface area is 99.9 Å². The molecule has 0 bridgehead atoms. The first-order valence-corrected chi connectivity index (χ1v) is 5.36. The summed E-state index contributed by atoms with van der Waals surface area (Å²) >= 11 is 0. The molecule has 0 radical (unpaired) electrons. The molecule has 0 aromatic heterocycles. The summed E-state index contributed by atoms with van der Waals surface area (Å²) in [5.74, 6) is 0.570. The van der Waals surface area contributed by atoms with Crippen molar-refractivity contribution in [3.63, 3.8) is 0 Å². The van der Waals surface area contributed by atoms with Crippen LogP contribution >= 0.6 is 0 Å². The van der Waals surface area contributed by atoms with E-state index in [0.717, 1.165) is 16.9 Å². The van der Waals surface area contributed by atoms with E-state index in [0.29, 0.717) is 6.61 Å². The number of phenols is 2. The maximum Gasteiger partial charge on any atom is 0.157 e. The van der Waals surface area contributed by atoms with Crippen LogP contribution in [0.4, 0.5) is 0 Å². The third-order valence-electron chi connectivity index (χ3n) is 2.53. The Hall–Kier alpha value is -2.16. The Morgan fingerprint density at radius 3 is 2.47 bits per heavy atom. The van der Waals surface area contributed by atoms with Gasteiger partial charge in [-0.15, -0.1) is 0 Å². The zero-order chi connectivity index (χ0) is 12.3. The summed E-state index contributed by atoms with van der Waals surface area (Å²) in [7, 11) is 0. The molecule has 0 aliphatic carbocycles. The highest BCUT2D eigenvalue weighted by Crippen LogP contribution is 2.26. The van der Waals surface area contributed by atoms with E-state index < -0.39 is 0 Å². The lowest BCUT2D eigenvalue weighted by molar-refractivity contribution is 0.303. The van der Waals surface area contributed by atoms with E-state index >= 15 is 0 Å². The van der Waals surface area contributed by atoms with Gasteiger partial charge in [0.15, 0.2) is 11.5 Å². The number of hydrogen-bond acceptors (Lipinski definition) is 3. The molecule has 0 spiro atoms. The van der Waals surface area contributed by atoms with Crippen molar-refractivity contribution in [1.82, 2.24) is 0 Å². The molecule has 0 aliphatic rings. The molecule has 0 saturated carbocycles. The summed E-state index contributed by atoms with van der Waals surface area (Å²) in [6.45, 7) is 2.34. The van der Waals surface area contributed by atoms with Crippen molar-refractivity contribution in [1.29, 1.82) is 0 Å². The van der Waals surface area contributed by atoms with E-state index in [9.17, 15) is 10.2 Å². The van der Waals surface area contributed by atoms with Gasteiger partial charge in [0.05, 0.1) is 0 Å². The van der Waals surface area contributed by atoms with Gasteiger partial charge in [-0.1, -0.05) is 24.3 Å². The summed E-state index contributed by atoms with van der Waals surface area (Å²) < 4.78 is 5.62. The minimum absolute atomic E-state index is 0.121. The lowest BCUT2D eigenvalue weighted by Crippen LogP contribution is -1.96. The van der Waals surface area contributed by atoms with Crippen LogP contribution in [0, 0.1) is 6.92 Å². The molecule has 17 heavy (non-hydrogen) atoms. The maximum atomic E-state index is 9.35. The molecule has 88 valence electrons.